The Hall–Kier alpha value is -0.660. The molecule has 0 aromatic heterocycles. The third-order valence-corrected chi connectivity index (χ3v) is 2.29. The normalized spacial score (nSPS) is 32.0. The minimum Gasteiger partial charge on any atom is -0.303 e. The molecule has 0 bridgehead atoms. The van der Waals surface area contributed by atoms with E-state index < -0.39 is 0 Å². The molecule has 0 amide bonds. The number of hydrogen-bond donors (Lipinski definition) is 0. The minimum absolute atomic E-state index is 0.171. The molecule has 1 rings (SSSR count). The zero-order chi connectivity index (χ0) is 7.40. The third kappa shape index (κ3) is 1.43. The second kappa shape index (κ2) is 3.49. The van der Waals surface area contributed by atoms with Crippen LogP contribution in [-0.2, 0) is 9.59 Å². The van der Waals surface area contributed by atoms with Crippen LogP contribution in [0.2, 0.25) is 0 Å². The SMILES string of the molecule is O=CC[C@H]1CCCC1C=O. The van der Waals surface area contributed by atoms with Crippen molar-refractivity contribution in [3.05, 3.63) is 0 Å². The molecule has 56 valence electrons. The highest BCUT2D eigenvalue weighted by molar-refractivity contribution is 5.57. The van der Waals surface area contributed by atoms with E-state index in [0.29, 0.717) is 12.3 Å². The van der Waals surface area contributed by atoms with Crippen LogP contribution in [-0.4, -0.2) is 12.6 Å². The summed E-state index contributed by atoms with van der Waals surface area (Å²) in [6, 6.07) is 0. The van der Waals surface area contributed by atoms with E-state index in [1.54, 1.807) is 0 Å². The molecule has 10 heavy (non-hydrogen) atoms. The summed E-state index contributed by atoms with van der Waals surface area (Å²) in [6.07, 6.45) is 5.66. The number of rotatable bonds is 3. The Morgan fingerprint density at radius 2 is 2.10 bits per heavy atom. The Morgan fingerprint density at radius 3 is 2.70 bits per heavy atom. The van der Waals surface area contributed by atoms with Gasteiger partial charge in [-0.3, -0.25) is 0 Å². The summed E-state index contributed by atoms with van der Waals surface area (Å²) in [4.78, 5) is 20.5. The van der Waals surface area contributed by atoms with Gasteiger partial charge in [0.1, 0.15) is 12.6 Å². The van der Waals surface area contributed by atoms with Crippen molar-refractivity contribution in [3.63, 3.8) is 0 Å². The lowest BCUT2D eigenvalue weighted by atomic mass is 9.95. The first kappa shape index (κ1) is 7.45. The highest BCUT2D eigenvalue weighted by Gasteiger charge is 2.25. The van der Waals surface area contributed by atoms with E-state index in [9.17, 15) is 9.59 Å². The van der Waals surface area contributed by atoms with E-state index in [4.69, 9.17) is 0 Å². The summed E-state index contributed by atoms with van der Waals surface area (Å²) in [5, 5.41) is 0. The molecule has 1 saturated carbocycles. The van der Waals surface area contributed by atoms with Crippen molar-refractivity contribution in [2.75, 3.05) is 0 Å². The molecule has 2 heteroatoms. The first-order valence-electron chi connectivity index (χ1n) is 3.77. The van der Waals surface area contributed by atoms with Crippen molar-refractivity contribution >= 4 is 12.6 Å². The van der Waals surface area contributed by atoms with Gasteiger partial charge in [-0.05, 0) is 18.8 Å². The zero-order valence-corrected chi connectivity index (χ0v) is 5.95. The molecule has 1 fully saturated rings. The van der Waals surface area contributed by atoms with Crippen LogP contribution in [0.1, 0.15) is 25.7 Å². The Labute approximate surface area is 60.6 Å². The molecule has 0 radical (unpaired) electrons. The Bertz CT molecular complexity index is 131. The number of carbonyl (C=O) groups excluding carboxylic acids is 2. The molecule has 0 heterocycles. The molecule has 1 unspecified atom stereocenters. The van der Waals surface area contributed by atoms with Crippen LogP contribution in [0, 0.1) is 11.8 Å². The van der Waals surface area contributed by atoms with E-state index >= 15 is 0 Å². The molecular weight excluding hydrogens is 128 g/mol. The van der Waals surface area contributed by atoms with Crippen LogP contribution < -0.4 is 0 Å². The third-order valence-electron chi connectivity index (χ3n) is 2.29. The van der Waals surface area contributed by atoms with Crippen LogP contribution in [0.4, 0.5) is 0 Å². The predicted molar refractivity (Wildman–Crippen MR) is 37.6 cm³/mol. The molecule has 2 nitrogen and oxygen atoms in total. The predicted octanol–water partition coefficient (Wildman–Crippen LogP) is 1.19. The molecule has 1 aliphatic rings. The molecule has 0 aromatic rings. The quantitative estimate of drug-likeness (QED) is 0.552. The molecule has 0 N–H and O–H groups in total. The van der Waals surface area contributed by atoms with Gasteiger partial charge < -0.3 is 9.59 Å². The number of hydrogen-bond acceptors (Lipinski definition) is 2. The summed E-state index contributed by atoms with van der Waals surface area (Å²) in [5.41, 5.74) is 0. The fourth-order valence-corrected chi connectivity index (χ4v) is 1.66. The van der Waals surface area contributed by atoms with E-state index in [1.165, 1.54) is 0 Å². The van der Waals surface area contributed by atoms with E-state index in [0.717, 1.165) is 31.8 Å². The molecule has 0 saturated heterocycles. The summed E-state index contributed by atoms with van der Waals surface area (Å²) in [6.45, 7) is 0. The standard InChI is InChI=1S/C8H12O2/c9-5-4-7-2-1-3-8(7)6-10/h5-8H,1-4H2/t7-,8?/m1/s1. The van der Waals surface area contributed by atoms with Gasteiger partial charge in [-0.2, -0.15) is 0 Å². The lowest BCUT2D eigenvalue weighted by Crippen LogP contribution is -2.09. The van der Waals surface area contributed by atoms with Gasteiger partial charge in [-0.15, -0.1) is 0 Å². The molecule has 0 spiro atoms. The summed E-state index contributed by atoms with van der Waals surface area (Å²) >= 11 is 0. The maximum atomic E-state index is 10.4. The maximum Gasteiger partial charge on any atom is 0.123 e. The van der Waals surface area contributed by atoms with Gasteiger partial charge >= 0.3 is 0 Å². The van der Waals surface area contributed by atoms with Gasteiger partial charge in [0.25, 0.3) is 0 Å². The van der Waals surface area contributed by atoms with Crippen molar-refractivity contribution in [3.8, 4) is 0 Å². The van der Waals surface area contributed by atoms with Crippen LogP contribution in [0.15, 0.2) is 0 Å². The van der Waals surface area contributed by atoms with Crippen molar-refractivity contribution < 1.29 is 9.59 Å². The molecular formula is C8H12O2. The molecule has 1 aliphatic carbocycles. The zero-order valence-electron chi connectivity index (χ0n) is 5.95. The topological polar surface area (TPSA) is 34.1 Å². The first-order chi connectivity index (χ1) is 4.88. The van der Waals surface area contributed by atoms with Gasteiger partial charge in [0.05, 0.1) is 0 Å². The van der Waals surface area contributed by atoms with Crippen LogP contribution in [0.5, 0.6) is 0 Å². The highest BCUT2D eigenvalue weighted by atomic mass is 16.1. The number of carbonyl (C=O) groups is 2. The lowest BCUT2D eigenvalue weighted by Gasteiger charge is -2.08. The fraction of sp³-hybridized carbons (Fsp3) is 0.750. The average molecular weight is 140 g/mol. The van der Waals surface area contributed by atoms with Gasteiger partial charge in [0, 0.05) is 12.3 Å². The van der Waals surface area contributed by atoms with Gasteiger partial charge in [0.2, 0.25) is 0 Å². The summed E-state index contributed by atoms with van der Waals surface area (Å²) < 4.78 is 0. The minimum atomic E-state index is 0.171. The first-order valence-corrected chi connectivity index (χ1v) is 3.77. The molecule has 0 aromatic carbocycles. The highest BCUT2D eigenvalue weighted by Crippen LogP contribution is 2.31. The van der Waals surface area contributed by atoms with E-state index in [-0.39, 0.29) is 5.92 Å². The number of aldehydes is 2. The molecule has 2 atom stereocenters. The monoisotopic (exact) mass is 140 g/mol. The second-order valence-electron chi connectivity index (χ2n) is 2.89. The molecule has 0 aliphatic heterocycles. The van der Waals surface area contributed by atoms with Crippen molar-refractivity contribution in [1.29, 1.82) is 0 Å². The van der Waals surface area contributed by atoms with E-state index in [1.807, 2.05) is 0 Å². The van der Waals surface area contributed by atoms with Crippen LogP contribution in [0.25, 0.3) is 0 Å². The van der Waals surface area contributed by atoms with Gasteiger partial charge in [-0.1, -0.05) is 6.42 Å². The smallest absolute Gasteiger partial charge is 0.123 e. The van der Waals surface area contributed by atoms with Crippen LogP contribution >= 0.6 is 0 Å². The Kier molecular flexibility index (Phi) is 2.60. The lowest BCUT2D eigenvalue weighted by molar-refractivity contribution is -0.113. The van der Waals surface area contributed by atoms with Gasteiger partial charge in [-0.25, -0.2) is 0 Å². The Balaban J connectivity index is 2.41. The van der Waals surface area contributed by atoms with Crippen molar-refractivity contribution in [2.24, 2.45) is 11.8 Å². The fourth-order valence-electron chi connectivity index (χ4n) is 1.66. The maximum absolute atomic E-state index is 10.4. The average Bonchev–Trinajstić information content (AvgIpc) is 2.36. The second-order valence-corrected chi connectivity index (χ2v) is 2.89. The summed E-state index contributed by atoms with van der Waals surface area (Å²) in [5.74, 6) is 0.528. The van der Waals surface area contributed by atoms with Crippen molar-refractivity contribution in [1.82, 2.24) is 0 Å². The van der Waals surface area contributed by atoms with Crippen LogP contribution in [0.3, 0.4) is 0 Å². The summed E-state index contributed by atoms with van der Waals surface area (Å²) in [7, 11) is 0. The van der Waals surface area contributed by atoms with E-state index in [2.05, 4.69) is 0 Å². The van der Waals surface area contributed by atoms with Crippen molar-refractivity contribution in [2.45, 2.75) is 25.7 Å². The largest absolute Gasteiger partial charge is 0.303 e. The van der Waals surface area contributed by atoms with Gasteiger partial charge in [0.15, 0.2) is 0 Å². The Morgan fingerprint density at radius 1 is 1.30 bits per heavy atom.